The number of nitrogens with two attached hydrogens (primary N) is 2. The van der Waals surface area contributed by atoms with Crippen molar-refractivity contribution in [2.24, 2.45) is 11.5 Å². The monoisotopic (exact) mass is 170 g/mol. The fourth-order valence-corrected chi connectivity index (χ4v) is 1.23. The van der Waals surface area contributed by atoms with Crippen molar-refractivity contribution in [1.29, 1.82) is 0 Å². The van der Waals surface area contributed by atoms with Gasteiger partial charge in [0, 0.05) is 18.1 Å². The number of hydrogen-bond donors (Lipinski definition) is 2. The van der Waals surface area contributed by atoms with E-state index in [0.717, 1.165) is 11.1 Å². The maximum absolute atomic E-state index is 5.95. The fourth-order valence-electron chi connectivity index (χ4n) is 0.948. The molecule has 0 amide bonds. The molecule has 11 heavy (non-hydrogen) atoms. The second-order valence-corrected chi connectivity index (χ2v) is 2.68. The van der Waals surface area contributed by atoms with Gasteiger partial charge in [0.05, 0.1) is 0 Å². The summed E-state index contributed by atoms with van der Waals surface area (Å²) in [6, 6.07) is 5.72. The summed E-state index contributed by atoms with van der Waals surface area (Å²) in [5, 5.41) is 0.706. The molecule has 0 radical (unpaired) electrons. The Morgan fingerprint density at radius 2 is 1.55 bits per heavy atom. The topological polar surface area (TPSA) is 52.0 Å². The minimum Gasteiger partial charge on any atom is -0.326 e. The molecule has 0 spiro atoms. The molecule has 2 nitrogen and oxygen atoms in total. The molecule has 0 aromatic heterocycles. The van der Waals surface area contributed by atoms with E-state index in [9.17, 15) is 0 Å². The molecule has 0 unspecified atom stereocenters. The lowest BCUT2D eigenvalue weighted by Crippen LogP contribution is -2.02. The molecule has 4 N–H and O–H groups in total. The number of hydrogen-bond acceptors (Lipinski definition) is 2. The van der Waals surface area contributed by atoms with Crippen LogP contribution in [-0.4, -0.2) is 0 Å². The maximum Gasteiger partial charge on any atom is 0.0495 e. The van der Waals surface area contributed by atoms with Crippen molar-refractivity contribution in [2.75, 3.05) is 0 Å². The van der Waals surface area contributed by atoms with E-state index < -0.39 is 0 Å². The van der Waals surface area contributed by atoms with Gasteiger partial charge in [0.15, 0.2) is 0 Å². The van der Waals surface area contributed by atoms with Crippen LogP contribution >= 0.6 is 11.6 Å². The molecule has 0 fully saturated rings. The van der Waals surface area contributed by atoms with Crippen LogP contribution in [0, 0.1) is 0 Å². The molecular formula is C8H11ClN2. The molecule has 0 aliphatic heterocycles. The Hall–Kier alpha value is -0.570. The van der Waals surface area contributed by atoms with E-state index in [-0.39, 0.29) is 0 Å². The highest BCUT2D eigenvalue weighted by Gasteiger charge is 2.01. The first-order valence-corrected chi connectivity index (χ1v) is 3.83. The molecule has 1 aromatic carbocycles. The quantitative estimate of drug-likeness (QED) is 0.702. The standard InChI is InChI=1S/C8H11ClN2/c9-8-6(4-10)2-1-3-7(8)5-11/h1-3H,4-5,10-11H2. The third-order valence-corrected chi connectivity index (χ3v) is 2.08. The largest absolute Gasteiger partial charge is 0.326 e. The molecule has 1 rings (SSSR count). The van der Waals surface area contributed by atoms with Gasteiger partial charge in [-0.1, -0.05) is 29.8 Å². The van der Waals surface area contributed by atoms with Crippen molar-refractivity contribution in [1.82, 2.24) is 0 Å². The first-order chi connectivity index (χ1) is 5.29. The van der Waals surface area contributed by atoms with Crippen LogP contribution in [0.1, 0.15) is 11.1 Å². The average Bonchev–Trinajstić information content (AvgIpc) is 2.05. The SMILES string of the molecule is NCc1cccc(CN)c1Cl. The Morgan fingerprint density at radius 3 is 1.91 bits per heavy atom. The van der Waals surface area contributed by atoms with E-state index in [1.165, 1.54) is 0 Å². The van der Waals surface area contributed by atoms with E-state index in [0.29, 0.717) is 18.1 Å². The first-order valence-electron chi connectivity index (χ1n) is 3.46. The molecule has 0 bridgehead atoms. The highest BCUT2D eigenvalue weighted by molar-refractivity contribution is 6.32. The molecule has 1 aromatic rings. The summed E-state index contributed by atoms with van der Waals surface area (Å²) in [6.07, 6.45) is 0. The van der Waals surface area contributed by atoms with E-state index in [1.54, 1.807) is 0 Å². The van der Waals surface area contributed by atoms with E-state index in [1.807, 2.05) is 18.2 Å². The summed E-state index contributed by atoms with van der Waals surface area (Å²) in [5.41, 5.74) is 12.8. The molecule has 0 aliphatic rings. The van der Waals surface area contributed by atoms with Gasteiger partial charge in [-0.05, 0) is 11.1 Å². The number of benzene rings is 1. The van der Waals surface area contributed by atoms with Crippen LogP contribution in [0.25, 0.3) is 0 Å². The number of rotatable bonds is 2. The third-order valence-electron chi connectivity index (χ3n) is 1.60. The Balaban J connectivity index is 3.10. The minimum atomic E-state index is 0.465. The summed E-state index contributed by atoms with van der Waals surface area (Å²) in [7, 11) is 0. The zero-order chi connectivity index (χ0) is 8.27. The van der Waals surface area contributed by atoms with Gasteiger partial charge in [0.2, 0.25) is 0 Å². The molecule has 0 atom stereocenters. The van der Waals surface area contributed by atoms with Crippen molar-refractivity contribution in [3.63, 3.8) is 0 Å². The Morgan fingerprint density at radius 1 is 1.09 bits per heavy atom. The smallest absolute Gasteiger partial charge is 0.0495 e. The van der Waals surface area contributed by atoms with Gasteiger partial charge >= 0.3 is 0 Å². The number of halogens is 1. The molecule has 3 heteroatoms. The Bertz CT molecular complexity index is 226. The molecule has 0 heterocycles. The Kier molecular flexibility index (Phi) is 2.88. The van der Waals surface area contributed by atoms with Crippen molar-refractivity contribution >= 4 is 11.6 Å². The summed E-state index contributed by atoms with van der Waals surface area (Å²) in [6.45, 7) is 0.930. The summed E-state index contributed by atoms with van der Waals surface area (Å²) in [5.74, 6) is 0. The summed E-state index contributed by atoms with van der Waals surface area (Å²) >= 11 is 5.95. The van der Waals surface area contributed by atoms with E-state index >= 15 is 0 Å². The van der Waals surface area contributed by atoms with Crippen molar-refractivity contribution in [3.8, 4) is 0 Å². The highest BCUT2D eigenvalue weighted by Crippen LogP contribution is 2.19. The Labute approximate surface area is 71.1 Å². The van der Waals surface area contributed by atoms with Gasteiger partial charge in [-0.15, -0.1) is 0 Å². The van der Waals surface area contributed by atoms with Crippen molar-refractivity contribution in [3.05, 3.63) is 34.3 Å². The zero-order valence-corrected chi connectivity index (χ0v) is 6.93. The van der Waals surface area contributed by atoms with E-state index in [2.05, 4.69) is 0 Å². The normalized spacial score (nSPS) is 10.1. The predicted octanol–water partition coefficient (Wildman–Crippen LogP) is 1.26. The average molecular weight is 171 g/mol. The minimum absolute atomic E-state index is 0.465. The summed E-state index contributed by atoms with van der Waals surface area (Å²) < 4.78 is 0. The van der Waals surface area contributed by atoms with Gasteiger partial charge in [0.1, 0.15) is 0 Å². The van der Waals surface area contributed by atoms with Crippen molar-refractivity contribution < 1.29 is 0 Å². The highest BCUT2D eigenvalue weighted by atomic mass is 35.5. The van der Waals surface area contributed by atoms with Gasteiger partial charge in [-0.25, -0.2) is 0 Å². The lowest BCUT2D eigenvalue weighted by Gasteiger charge is -2.04. The van der Waals surface area contributed by atoms with Crippen LogP contribution in [0.5, 0.6) is 0 Å². The molecule has 60 valence electrons. The third kappa shape index (κ3) is 1.71. The second kappa shape index (κ2) is 3.72. The fraction of sp³-hybridized carbons (Fsp3) is 0.250. The maximum atomic E-state index is 5.95. The predicted molar refractivity (Wildman–Crippen MR) is 47.2 cm³/mol. The van der Waals surface area contributed by atoms with Crippen LogP contribution in [0.3, 0.4) is 0 Å². The zero-order valence-electron chi connectivity index (χ0n) is 6.18. The van der Waals surface area contributed by atoms with Gasteiger partial charge in [-0.2, -0.15) is 0 Å². The first kappa shape index (κ1) is 8.53. The lowest BCUT2D eigenvalue weighted by atomic mass is 10.1. The van der Waals surface area contributed by atoms with Crippen LogP contribution in [0.15, 0.2) is 18.2 Å². The van der Waals surface area contributed by atoms with Gasteiger partial charge < -0.3 is 11.5 Å². The molecule has 0 saturated heterocycles. The van der Waals surface area contributed by atoms with Gasteiger partial charge in [-0.3, -0.25) is 0 Å². The van der Waals surface area contributed by atoms with Gasteiger partial charge in [0.25, 0.3) is 0 Å². The molecule has 0 aliphatic carbocycles. The van der Waals surface area contributed by atoms with Crippen LogP contribution < -0.4 is 11.5 Å². The lowest BCUT2D eigenvalue weighted by molar-refractivity contribution is 1.03. The second-order valence-electron chi connectivity index (χ2n) is 2.30. The van der Waals surface area contributed by atoms with E-state index in [4.69, 9.17) is 23.1 Å². The summed E-state index contributed by atoms with van der Waals surface area (Å²) in [4.78, 5) is 0. The van der Waals surface area contributed by atoms with Crippen LogP contribution in [-0.2, 0) is 13.1 Å². The van der Waals surface area contributed by atoms with Crippen molar-refractivity contribution in [2.45, 2.75) is 13.1 Å². The van der Waals surface area contributed by atoms with Crippen LogP contribution in [0.4, 0.5) is 0 Å². The molecule has 0 saturated carbocycles. The van der Waals surface area contributed by atoms with Crippen LogP contribution in [0.2, 0.25) is 5.02 Å². The molecular weight excluding hydrogens is 160 g/mol.